The molecule has 0 heterocycles. The number of methoxy groups -OCH3 is 1. The summed E-state index contributed by atoms with van der Waals surface area (Å²) in [5.41, 5.74) is -1.10. The summed E-state index contributed by atoms with van der Waals surface area (Å²) in [5, 5.41) is 2.50. The second-order valence-electron chi connectivity index (χ2n) is 4.80. The Bertz CT molecular complexity index is 620. The largest absolute Gasteiger partial charge is 0.465 e. The van der Waals surface area contributed by atoms with Gasteiger partial charge in [-0.25, -0.2) is 4.79 Å². The zero-order valence-electron chi connectivity index (χ0n) is 12.3. The van der Waals surface area contributed by atoms with E-state index in [1.165, 1.54) is 26.0 Å². The molecule has 0 radical (unpaired) electrons. The van der Waals surface area contributed by atoms with E-state index in [0.717, 1.165) is 13.2 Å². The molecule has 118 valence electrons. The van der Waals surface area contributed by atoms with Crippen molar-refractivity contribution in [3.8, 4) is 18.1 Å². The number of ether oxygens (including phenoxy) is 2. The Labute approximate surface area is 126 Å². The van der Waals surface area contributed by atoms with Gasteiger partial charge in [0.25, 0.3) is 0 Å². The van der Waals surface area contributed by atoms with Crippen LogP contribution >= 0.6 is 0 Å². The number of hydrogen-bond acceptors (Lipinski definition) is 4. The Morgan fingerprint density at radius 3 is 2.50 bits per heavy atom. The molecule has 5 nitrogen and oxygen atoms in total. The van der Waals surface area contributed by atoms with Crippen molar-refractivity contribution in [1.82, 2.24) is 0 Å². The van der Waals surface area contributed by atoms with Gasteiger partial charge < -0.3 is 14.8 Å². The average Bonchev–Trinajstić information content (AvgIpc) is 2.47. The lowest BCUT2D eigenvalue weighted by atomic mass is 9.93. The number of rotatable bonds is 5. The van der Waals surface area contributed by atoms with E-state index in [9.17, 15) is 18.4 Å². The molecule has 1 N–H and O–H groups in total. The van der Waals surface area contributed by atoms with Gasteiger partial charge in [0.15, 0.2) is 0 Å². The first kappa shape index (κ1) is 17.4. The minimum Gasteiger partial charge on any atom is -0.465 e. The summed E-state index contributed by atoms with van der Waals surface area (Å²) in [7, 11) is 1.10. The SMILES string of the molecule is C#CC(C)(C)C(=O)Nc1ccc(OC(F)F)c(C(=O)OC)c1. The number of halogens is 2. The van der Waals surface area contributed by atoms with Crippen LogP contribution in [0.25, 0.3) is 0 Å². The Kier molecular flexibility index (Phi) is 5.46. The molecule has 1 aromatic carbocycles. The number of esters is 1. The smallest absolute Gasteiger partial charge is 0.387 e. The molecule has 0 aliphatic heterocycles. The van der Waals surface area contributed by atoms with Crippen LogP contribution in [0.15, 0.2) is 18.2 Å². The predicted molar refractivity (Wildman–Crippen MR) is 75.7 cm³/mol. The highest BCUT2D eigenvalue weighted by Gasteiger charge is 2.25. The molecule has 22 heavy (non-hydrogen) atoms. The molecule has 0 saturated heterocycles. The molecule has 0 aromatic heterocycles. The Balaban J connectivity index is 3.12. The fraction of sp³-hybridized carbons (Fsp3) is 0.333. The first-order chi connectivity index (χ1) is 10.2. The molecule has 0 aliphatic rings. The minimum atomic E-state index is -3.09. The predicted octanol–water partition coefficient (Wildman–Crippen LogP) is 2.67. The highest BCUT2D eigenvalue weighted by Crippen LogP contribution is 2.26. The van der Waals surface area contributed by atoms with Crippen LogP contribution in [0.3, 0.4) is 0 Å². The summed E-state index contributed by atoms with van der Waals surface area (Å²) >= 11 is 0. The number of anilines is 1. The van der Waals surface area contributed by atoms with E-state index in [1.54, 1.807) is 0 Å². The number of hydrogen-bond donors (Lipinski definition) is 1. The lowest BCUT2D eigenvalue weighted by Gasteiger charge is -2.18. The zero-order valence-corrected chi connectivity index (χ0v) is 12.3. The van der Waals surface area contributed by atoms with Gasteiger partial charge in [-0.1, -0.05) is 5.92 Å². The van der Waals surface area contributed by atoms with Crippen molar-refractivity contribution in [2.24, 2.45) is 5.41 Å². The van der Waals surface area contributed by atoms with Crippen molar-refractivity contribution in [2.45, 2.75) is 20.5 Å². The highest BCUT2D eigenvalue weighted by molar-refractivity contribution is 5.99. The van der Waals surface area contributed by atoms with Crippen molar-refractivity contribution in [2.75, 3.05) is 12.4 Å². The summed E-state index contributed by atoms with van der Waals surface area (Å²) in [6, 6.07) is 3.62. The molecule has 1 amide bonds. The standard InChI is InChI=1S/C15H15F2NO4/c1-5-15(2,3)13(20)18-9-6-7-11(22-14(16)17)10(8-9)12(19)21-4/h1,6-8,14H,2-4H3,(H,18,20). The third-order valence-electron chi connectivity index (χ3n) is 2.79. The minimum absolute atomic E-state index is 0.204. The van der Waals surface area contributed by atoms with Gasteiger partial charge in [0.2, 0.25) is 5.91 Å². The average molecular weight is 311 g/mol. The fourth-order valence-corrected chi connectivity index (χ4v) is 1.43. The molecule has 0 bridgehead atoms. The van der Waals surface area contributed by atoms with Gasteiger partial charge in [0, 0.05) is 5.69 Å². The third-order valence-corrected chi connectivity index (χ3v) is 2.79. The van der Waals surface area contributed by atoms with E-state index in [4.69, 9.17) is 6.42 Å². The van der Waals surface area contributed by atoms with Gasteiger partial charge in [-0.2, -0.15) is 8.78 Å². The molecule has 0 spiro atoms. The molecule has 0 atom stereocenters. The van der Waals surface area contributed by atoms with E-state index in [0.29, 0.717) is 0 Å². The third kappa shape index (κ3) is 4.19. The molecular formula is C15H15F2NO4. The van der Waals surface area contributed by atoms with Crippen LogP contribution in [0.5, 0.6) is 5.75 Å². The monoisotopic (exact) mass is 311 g/mol. The van der Waals surface area contributed by atoms with Gasteiger partial charge in [0.05, 0.1) is 7.11 Å². The number of alkyl halides is 2. The van der Waals surface area contributed by atoms with Crippen molar-refractivity contribution < 1.29 is 27.8 Å². The zero-order chi connectivity index (χ0) is 16.9. The molecule has 1 aromatic rings. The summed E-state index contributed by atoms with van der Waals surface area (Å²) in [5.74, 6) is 0.618. The van der Waals surface area contributed by atoms with Crippen molar-refractivity contribution in [1.29, 1.82) is 0 Å². The second-order valence-corrected chi connectivity index (χ2v) is 4.80. The van der Waals surface area contributed by atoms with E-state index in [2.05, 4.69) is 20.7 Å². The molecule has 0 saturated carbocycles. The maximum Gasteiger partial charge on any atom is 0.387 e. The maximum absolute atomic E-state index is 12.3. The number of benzene rings is 1. The summed E-state index contributed by atoms with van der Waals surface area (Å²) < 4.78 is 33.4. The van der Waals surface area contributed by atoms with Crippen molar-refractivity contribution in [3.05, 3.63) is 23.8 Å². The fourth-order valence-electron chi connectivity index (χ4n) is 1.43. The molecule has 1 rings (SSSR count). The van der Waals surface area contributed by atoms with Crippen LogP contribution in [0.4, 0.5) is 14.5 Å². The normalized spacial score (nSPS) is 10.8. The molecule has 7 heteroatoms. The van der Waals surface area contributed by atoms with Crippen LogP contribution in [0.2, 0.25) is 0 Å². The Morgan fingerprint density at radius 2 is 2.00 bits per heavy atom. The number of nitrogens with one attached hydrogen (secondary N) is 1. The van der Waals surface area contributed by atoms with Crippen LogP contribution in [-0.4, -0.2) is 25.6 Å². The van der Waals surface area contributed by atoms with Crippen molar-refractivity contribution >= 4 is 17.6 Å². The number of terminal acetylenes is 1. The van der Waals surface area contributed by atoms with E-state index >= 15 is 0 Å². The first-order valence-electron chi connectivity index (χ1n) is 6.17. The van der Waals surface area contributed by atoms with Gasteiger partial charge >= 0.3 is 12.6 Å². The number of amides is 1. The van der Waals surface area contributed by atoms with Crippen LogP contribution in [0.1, 0.15) is 24.2 Å². The first-order valence-corrected chi connectivity index (χ1v) is 6.17. The summed E-state index contributed by atoms with van der Waals surface area (Å²) in [6.45, 7) is -0.0143. The molecule has 0 unspecified atom stereocenters. The molecule has 0 aliphatic carbocycles. The topological polar surface area (TPSA) is 64.6 Å². The van der Waals surface area contributed by atoms with E-state index in [1.807, 2.05) is 0 Å². The lowest BCUT2D eigenvalue weighted by Crippen LogP contribution is -2.29. The van der Waals surface area contributed by atoms with Crippen LogP contribution in [0, 0.1) is 17.8 Å². The van der Waals surface area contributed by atoms with Gasteiger partial charge in [0.1, 0.15) is 16.7 Å². The second kappa shape index (κ2) is 6.89. The van der Waals surface area contributed by atoms with Gasteiger partial charge in [-0.05, 0) is 32.0 Å². The quantitative estimate of drug-likeness (QED) is 0.671. The summed E-state index contributed by atoms with van der Waals surface area (Å²) in [6.07, 6.45) is 5.25. The molecular weight excluding hydrogens is 296 g/mol. The Morgan fingerprint density at radius 1 is 1.36 bits per heavy atom. The lowest BCUT2D eigenvalue weighted by molar-refractivity contribution is -0.121. The maximum atomic E-state index is 12.3. The highest BCUT2D eigenvalue weighted by atomic mass is 19.3. The van der Waals surface area contributed by atoms with Crippen LogP contribution in [-0.2, 0) is 9.53 Å². The van der Waals surface area contributed by atoms with E-state index < -0.39 is 23.9 Å². The number of carbonyl (C=O) groups excluding carboxylic acids is 2. The van der Waals surface area contributed by atoms with Gasteiger partial charge in [-0.3, -0.25) is 4.79 Å². The van der Waals surface area contributed by atoms with E-state index in [-0.39, 0.29) is 17.0 Å². The van der Waals surface area contributed by atoms with Gasteiger partial charge in [-0.15, -0.1) is 6.42 Å². The Hall–Kier alpha value is -2.62. The molecule has 0 fully saturated rings. The van der Waals surface area contributed by atoms with Crippen LogP contribution < -0.4 is 10.1 Å². The summed E-state index contributed by atoms with van der Waals surface area (Å²) in [4.78, 5) is 23.6. The van der Waals surface area contributed by atoms with Crippen molar-refractivity contribution in [3.63, 3.8) is 0 Å². The number of carbonyl (C=O) groups is 2.